The van der Waals surface area contributed by atoms with Crippen LogP contribution in [-0.2, 0) is 21.4 Å². The second kappa shape index (κ2) is 8.29. The number of nitrogens with one attached hydrogen (secondary N) is 2. The van der Waals surface area contributed by atoms with Gasteiger partial charge in [-0.05, 0) is 56.5 Å². The van der Waals surface area contributed by atoms with Crippen LogP contribution in [0, 0.1) is 5.92 Å². The molecular weight excluding hydrogens is 338 g/mol. The Bertz CT molecular complexity index is 676. The van der Waals surface area contributed by atoms with Gasteiger partial charge in [-0.1, -0.05) is 18.6 Å². The number of amides is 1. The molecule has 2 saturated heterocycles. The predicted molar refractivity (Wildman–Crippen MR) is 96.5 cm³/mol. The quantitative estimate of drug-likeness (QED) is 0.828. The van der Waals surface area contributed by atoms with Crippen molar-refractivity contribution in [1.29, 1.82) is 0 Å². The van der Waals surface area contributed by atoms with Gasteiger partial charge < -0.3 is 10.6 Å². The van der Waals surface area contributed by atoms with E-state index in [0.717, 1.165) is 50.8 Å². The summed E-state index contributed by atoms with van der Waals surface area (Å²) in [4.78, 5) is 12.5. The molecule has 3 rings (SSSR count). The molecule has 2 N–H and O–H groups in total. The molecule has 2 aliphatic heterocycles. The Labute approximate surface area is 150 Å². The number of nitrogens with zero attached hydrogens (tertiary/aromatic N) is 1. The predicted octanol–water partition coefficient (Wildman–Crippen LogP) is 1.48. The van der Waals surface area contributed by atoms with E-state index < -0.39 is 10.0 Å². The third kappa shape index (κ3) is 4.59. The van der Waals surface area contributed by atoms with Crippen LogP contribution in [0.3, 0.4) is 0 Å². The molecule has 0 spiro atoms. The van der Waals surface area contributed by atoms with Crippen LogP contribution in [0.1, 0.15) is 37.7 Å². The zero-order valence-corrected chi connectivity index (χ0v) is 15.4. The summed E-state index contributed by atoms with van der Waals surface area (Å²) in [6.45, 7) is 3.43. The van der Waals surface area contributed by atoms with Crippen LogP contribution >= 0.6 is 0 Å². The highest BCUT2D eigenvalue weighted by Crippen LogP contribution is 2.21. The fourth-order valence-corrected chi connectivity index (χ4v) is 4.97. The molecule has 0 bridgehead atoms. The number of hydrogen-bond acceptors (Lipinski definition) is 4. The van der Waals surface area contributed by atoms with Gasteiger partial charge in [0.1, 0.15) is 0 Å². The number of piperidine rings is 2. The topological polar surface area (TPSA) is 78.5 Å². The smallest absolute Gasteiger partial charge is 0.243 e. The normalized spacial score (nSPS) is 20.3. The van der Waals surface area contributed by atoms with Gasteiger partial charge in [-0.25, -0.2) is 8.42 Å². The minimum atomic E-state index is -3.39. The highest BCUT2D eigenvalue weighted by molar-refractivity contribution is 7.89. The molecule has 2 fully saturated rings. The van der Waals surface area contributed by atoms with E-state index in [9.17, 15) is 13.2 Å². The third-order valence-electron chi connectivity index (χ3n) is 5.05. The molecule has 0 radical (unpaired) electrons. The van der Waals surface area contributed by atoms with Crippen LogP contribution in [0.25, 0.3) is 0 Å². The van der Waals surface area contributed by atoms with Crippen molar-refractivity contribution in [1.82, 2.24) is 14.9 Å². The van der Waals surface area contributed by atoms with E-state index in [1.165, 1.54) is 0 Å². The zero-order chi connectivity index (χ0) is 17.7. The lowest BCUT2D eigenvalue weighted by atomic mass is 9.97. The molecule has 2 heterocycles. The first-order chi connectivity index (χ1) is 12.1. The molecular formula is C18H27N3O3S. The number of sulfonamides is 1. The molecule has 1 aromatic rings. The Hall–Kier alpha value is -1.44. The van der Waals surface area contributed by atoms with Crippen molar-refractivity contribution in [2.24, 2.45) is 5.92 Å². The van der Waals surface area contributed by atoms with Crippen LogP contribution in [0.5, 0.6) is 0 Å². The SMILES string of the molecule is O=C(NCc1ccc(S(=O)(=O)N2CCCCC2)cc1)C1CCNCC1. The maximum atomic E-state index is 12.6. The number of hydrogen-bond donors (Lipinski definition) is 2. The van der Waals surface area contributed by atoms with E-state index in [0.29, 0.717) is 24.5 Å². The molecule has 25 heavy (non-hydrogen) atoms. The van der Waals surface area contributed by atoms with E-state index in [1.807, 2.05) is 0 Å². The Morgan fingerprint density at radius 1 is 1.08 bits per heavy atom. The Morgan fingerprint density at radius 3 is 2.36 bits per heavy atom. The Balaban J connectivity index is 1.57. The van der Waals surface area contributed by atoms with E-state index in [4.69, 9.17) is 0 Å². The van der Waals surface area contributed by atoms with Gasteiger partial charge in [-0.3, -0.25) is 4.79 Å². The molecule has 6 nitrogen and oxygen atoms in total. The molecule has 1 aromatic carbocycles. The zero-order valence-electron chi connectivity index (χ0n) is 14.5. The maximum Gasteiger partial charge on any atom is 0.243 e. The van der Waals surface area contributed by atoms with Gasteiger partial charge >= 0.3 is 0 Å². The Kier molecular flexibility index (Phi) is 6.09. The number of benzene rings is 1. The van der Waals surface area contributed by atoms with Crippen LogP contribution < -0.4 is 10.6 Å². The van der Waals surface area contributed by atoms with Crippen LogP contribution in [0.15, 0.2) is 29.2 Å². The molecule has 0 aromatic heterocycles. The van der Waals surface area contributed by atoms with Gasteiger partial charge in [-0.2, -0.15) is 4.31 Å². The van der Waals surface area contributed by atoms with Gasteiger partial charge in [0, 0.05) is 25.6 Å². The van der Waals surface area contributed by atoms with E-state index in [2.05, 4.69) is 10.6 Å². The number of rotatable bonds is 5. The van der Waals surface area contributed by atoms with Crippen LogP contribution in [0.4, 0.5) is 0 Å². The lowest BCUT2D eigenvalue weighted by Crippen LogP contribution is -2.37. The minimum absolute atomic E-state index is 0.0833. The molecule has 0 unspecified atom stereocenters. The van der Waals surface area contributed by atoms with Crippen molar-refractivity contribution in [3.05, 3.63) is 29.8 Å². The molecule has 0 aliphatic carbocycles. The number of carbonyl (C=O) groups excluding carboxylic acids is 1. The summed E-state index contributed by atoms with van der Waals surface area (Å²) in [6.07, 6.45) is 4.71. The molecule has 0 atom stereocenters. The van der Waals surface area contributed by atoms with E-state index >= 15 is 0 Å². The van der Waals surface area contributed by atoms with Gasteiger partial charge in [0.25, 0.3) is 0 Å². The molecule has 138 valence electrons. The Morgan fingerprint density at radius 2 is 1.72 bits per heavy atom. The monoisotopic (exact) mass is 365 g/mol. The van der Waals surface area contributed by atoms with Gasteiger partial charge in [-0.15, -0.1) is 0 Å². The average Bonchev–Trinajstić information content (AvgIpc) is 2.68. The molecule has 0 saturated carbocycles. The first kappa shape index (κ1) is 18.4. The van der Waals surface area contributed by atoms with Crippen molar-refractivity contribution in [3.8, 4) is 0 Å². The molecule has 1 amide bonds. The highest BCUT2D eigenvalue weighted by Gasteiger charge is 2.25. The summed E-state index contributed by atoms with van der Waals surface area (Å²) >= 11 is 0. The van der Waals surface area contributed by atoms with Crippen LogP contribution in [-0.4, -0.2) is 44.8 Å². The van der Waals surface area contributed by atoms with Gasteiger partial charge in [0.2, 0.25) is 15.9 Å². The largest absolute Gasteiger partial charge is 0.352 e. The van der Waals surface area contributed by atoms with E-state index in [-0.39, 0.29) is 11.8 Å². The molecule has 7 heteroatoms. The fraction of sp³-hybridized carbons (Fsp3) is 0.611. The summed E-state index contributed by atoms with van der Waals surface area (Å²) in [5.74, 6) is 0.173. The van der Waals surface area contributed by atoms with Gasteiger partial charge in [0.05, 0.1) is 4.90 Å². The first-order valence-corrected chi connectivity index (χ1v) is 10.6. The van der Waals surface area contributed by atoms with E-state index in [1.54, 1.807) is 28.6 Å². The lowest BCUT2D eigenvalue weighted by Gasteiger charge is -2.26. The van der Waals surface area contributed by atoms with Gasteiger partial charge in [0.15, 0.2) is 0 Å². The minimum Gasteiger partial charge on any atom is -0.352 e. The summed E-state index contributed by atoms with van der Waals surface area (Å²) in [6, 6.07) is 6.88. The second-order valence-corrected chi connectivity index (χ2v) is 8.79. The standard InChI is InChI=1S/C18H27N3O3S/c22-18(16-8-10-19-11-9-16)20-14-15-4-6-17(7-5-15)25(23,24)21-12-2-1-3-13-21/h4-7,16,19H,1-3,8-14H2,(H,20,22). The fourth-order valence-electron chi connectivity index (χ4n) is 3.45. The van der Waals surface area contributed by atoms with Crippen LogP contribution in [0.2, 0.25) is 0 Å². The number of carbonyl (C=O) groups is 1. The van der Waals surface area contributed by atoms with Crippen molar-refractivity contribution < 1.29 is 13.2 Å². The second-order valence-electron chi connectivity index (χ2n) is 6.85. The lowest BCUT2D eigenvalue weighted by molar-refractivity contribution is -0.125. The summed E-state index contributed by atoms with van der Waals surface area (Å²) < 4.78 is 26.8. The maximum absolute atomic E-state index is 12.6. The first-order valence-electron chi connectivity index (χ1n) is 9.15. The summed E-state index contributed by atoms with van der Waals surface area (Å²) in [5, 5.41) is 6.21. The summed E-state index contributed by atoms with van der Waals surface area (Å²) in [7, 11) is -3.39. The highest BCUT2D eigenvalue weighted by atomic mass is 32.2. The molecule has 2 aliphatic rings. The van der Waals surface area contributed by atoms with Crippen molar-refractivity contribution >= 4 is 15.9 Å². The van der Waals surface area contributed by atoms with Crippen molar-refractivity contribution in [2.45, 2.75) is 43.5 Å². The average molecular weight is 365 g/mol. The van der Waals surface area contributed by atoms with Crippen molar-refractivity contribution in [3.63, 3.8) is 0 Å². The summed E-state index contributed by atoms with van der Waals surface area (Å²) in [5.41, 5.74) is 0.917. The van der Waals surface area contributed by atoms with Crippen molar-refractivity contribution in [2.75, 3.05) is 26.2 Å². The third-order valence-corrected chi connectivity index (χ3v) is 6.97.